The summed E-state index contributed by atoms with van der Waals surface area (Å²) in [6.45, 7) is 3.90. The molecule has 1 atom stereocenters. The van der Waals surface area contributed by atoms with Crippen molar-refractivity contribution in [2.75, 3.05) is 6.26 Å². The molecule has 1 aliphatic rings. The molecule has 1 aromatic carbocycles. The minimum absolute atomic E-state index is 0.395. The van der Waals surface area contributed by atoms with E-state index < -0.39 is 0 Å². The molecule has 1 aliphatic carbocycles. The lowest BCUT2D eigenvalue weighted by Crippen LogP contribution is -2.04. The van der Waals surface area contributed by atoms with Crippen LogP contribution >= 0.6 is 11.8 Å². The minimum atomic E-state index is 0.395. The van der Waals surface area contributed by atoms with E-state index in [0.717, 1.165) is 25.0 Å². The van der Waals surface area contributed by atoms with E-state index in [4.69, 9.17) is 4.42 Å². The molecule has 0 spiro atoms. The first-order valence-electron chi connectivity index (χ1n) is 7.68. The summed E-state index contributed by atoms with van der Waals surface area (Å²) in [5.74, 6) is 2.29. The van der Waals surface area contributed by atoms with Gasteiger partial charge in [0.05, 0.1) is 5.25 Å². The van der Waals surface area contributed by atoms with Gasteiger partial charge >= 0.3 is 0 Å². The van der Waals surface area contributed by atoms with Crippen LogP contribution in [0.1, 0.15) is 41.4 Å². The smallest absolute Gasteiger partial charge is 0.137 e. The molecule has 0 bridgehead atoms. The van der Waals surface area contributed by atoms with Gasteiger partial charge < -0.3 is 4.42 Å². The van der Waals surface area contributed by atoms with Crippen molar-refractivity contribution >= 4 is 11.8 Å². The van der Waals surface area contributed by atoms with Crippen molar-refractivity contribution in [1.29, 1.82) is 0 Å². The van der Waals surface area contributed by atoms with E-state index in [9.17, 15) is 0 Å². The van der Waals surface area contributed by atoms with Crippen LogP contribution in [0.2, 0.25) is 0 Å². The number of hydrogen-bond donors (Lipinski definition) is 0. The molecule has 0 aliphatic heterocycles. The van der Waals surface area contributed by atoms with E-state index in [0.29, 0.717) is 5.25 Å². The third-order valence-electron chi connectivity index (χ3n) is 4.25. The van der Waals surface area contributed by atoms with E-state index >= 15 is 0 Å². The van der Waals surface area contributed by atoms with Crippen LogP contribution in [0.3, 0.4) is 0 Å². The summed E-state index contributed by atoms with van der Waals surface area (Å²) in [5.41, 5.74) is 4.13. The van der Waals surface area contributed by atoms with Gasteiger partial charge in [0.15, 0.2) is 0 Å². The fourth-order valence-corrected chi connectivity index (χ4v) is 3.94. The summed E-state index contributed by atoms with van der Waals surface area (Å²) in [6.07, 6.45) is 10.00. The first-order chi connectivity index (χ1) is 10.3. The molecule has 0 N–H and O–H groups in total. The van der Waals surface area contributed by atoms with Gasteiger partial charge in [-0.1, -0.05) is 36.4 Å². The van der Waals surface area contributed by atoms with Crippen LogP contribution in [0.25, 0.3) is 11.3 Å². The van der Waals surface area contributed by atoms with Crippen molar-refractivity contribution in [3.8, 4) is 11.3 Å². The Bertz CT molecular complexity index is 612. The van der Waals surface area contributed by atoms with Crippen molar-refractivity contribution in [1.82, 2.24) is 0 Å². The molecule has 0 amide bonds. The summed E-state index contributed by atoms with van der Waals surface area (Å²) in [5, 5.41) is 0.395. The van der Waals surface area contributed by atoms with Gasteiger partial charge in [0, 0.05) is 11.1 Å². The van der Waals surface area contributed by atoms with Gasteiger partial charge in [0.25, 0.3) is 0 Å². The van der Waals surface area contributed by atoms with Crippen molar-refractivity contribution in [2.24, 2.45) is 0 Å². The van der Waals surface area contributed by atoms with Gasteiger partial charge in [-0.05, 0) is 43.9 Å². The maximum Gasteiger partial charge on any atom is 0.137 e. The molecular weight excluding hydrogens is 276 g/mol. The molecule has 1 heterocycles. The average molecular weight is 298 g/mol. The van der Waals surface area contributed by atoms with Gasteiger partial charge in [-0.3, -0.25) is 0 Å². The Labute approximate surface area is 131 Å². The molecule has 0 saturated carbocycles. The zero-order chi connectivity index (χ0) is 14.7. The molecule has 1 unspecified atom stereocenters. The number of fused-ring (bicyclic) bond motifs is 1. The highest BCUT2D eigenvalue weighted by atomic mass is 32.2. The minimum Gasteiger partial charge on any atom is -0.459 e. The standard InChI is InChI=1S/C19H22OS/c1-3-9-17(21-2)19-16-13-8-7-12-15(16)18(20-19)14-10-5-4-6-11-14/h3-6,10-11,17H,1,7-9,12-13H2,2H3. The van der Waals surface area contributed by atoms with Crippen LogP contribution in [0.15, 0.2) is 47.4 Å². The number of rotatable bonds is 5. The number of thioether (sulfide) groups is 1. The molecular formula is C19H22OS. The third kappa shape index (κ3) is 2.82. The predicted octanol–water partition coefficient (Wildman–Crippen LogP) is 5.81. The van der Waals surface area contributed by atoms with Gasteiger partial charge in [-0.15, -0.1) is 6.58 Å². The van der Waals surface area contributed by atoms with E-state index in [1.807, 2.05) is 17.8 Å². The van der Waals surface area contributed by atoms with Crippen LogP contribution in [0, 0.1) is 0 Å². The van der Waals surface area contributed by atoms with Crippen LogP contribution in [-0.2, 0) is 12.8 Å². The first-order valence-corrected chi connectivity index (χ1v) is 8.97. The SMILES string of the molecule is C=CCC(SC)c1oc(-c2ccccc2)c2c1CCCC2. The summed E-state index contributed by atoms with van der Waals surface area (Å²) < 4.78 is 6.39. The van der Waals surface area contributed by atoms with Gasteiger partial charge in [-0.25, -0.2) is 0 Å². The number of furan rings is 1. The molecule has 3 rings (SSSR count). The monoisotopic (exact) mass is 298 g/mol. The first kappa shape index (κ1) is 14.5. The highest BCUT2D eigenvalue weighted by molar-refractivity contribution is 7.98. The van der Waals surface area contributed by atoms with Gasteiger partial charge in [0.1, 0.15) is 11.5 Å². The van der Waals surface area contributed by atoms with Crippen molar-refractivity contribution in [2.45, 2.75) is 37.4 Å². The molecule has 0 fully saturated rings. The van der Waals surface area contributed by atoms with Gasteiger partial charge in [-0.2, -0.15) is 11.8 Å². The fourth-order valence-electron chi connectivity index (χ4n) is 3.21. The normalized spacial score (nSPS) is 15.5. The van der Waals surface area contributed by atoms with Crippen molar-refractivity contribution in [3.63, 3.8) is 0 Å². The second-order valence-electron chi connectivity index (χ2n) is 5.57. The van der Waals surface area contributed by atoms with Crippen molar-refractivity contribution in [3.05, 3.63) is 59.9 Å². The van der Waals surface area contributed by atoms with E-state index in [1.165, 1.54) is 35.3 Å². The molecule has 2 heteroatoms. The van der Waals surface area contributed by atoms with Gasteiger partial charge in [0.2, 0.25) is 0 Å². The fraction of sp³-hybridized carbons (Fsp3) is 0.368. The molecule has 110 valence electrons. The summed E-state index contributed by atoms with van der Waals surface area (Å²) in [7, 11) is 0. The Balaban J connectivity index is 2.09. The Kier molecular flexibility index (Phi) is 4.54. The van der Waals surface area contributed by atoms with Crippen molar-refractivity contribution < 1.29 is 4.42 Å². The highest BCUT2D eigenvalue weighted by Gasteiger charge is 2.27. The lowest BCUT2D eigenvalue weighted by molar-refractivity contribution is 0.513. The number of allylic oxidation sites excluding steroid dienone is 1. The van der Waals surface area contributed by atoms with Crippen LogP contribution in [-0.4, -0.2) is 6.26 Å². The maximum absolute atomic E-state index is 6.39. The van der Waals surface area contributed by atoms with Crippen LogP contribution in [0.5, 0.6) is 0 Å². The summed E-state index contributed by atoms with van der Waals surface area (Å²) in [6, 6.07) is 10.5. The molecule has 0 radical (unpaired) electrons. The number of benzene rings is 1. The zero-order valence-corrected chi connectivity index (χ0v) is 13.4. The lowest BCUT2D eigenvalue weighted by atomic mass is 9.90. The second-order valence-corrected chi connectivity index (χ2v) is 6.61. The molecule has 1 aromatic heterocycles. The summed E-state index contributed by atoms with van der Waals surface area (Å²) >= 11 is 1.86. The van der Waals surface area contributed by atoms with E-state index in [2.05, 4.69) is 43.2 Å². The Morgan fingerprint density at radius 3 is 2.57 bits per heavy atom. The molecule has 1 nitrogen and oxygen atoms in total. The molecule has 2 aromatic rings. The summed E-state index contributed by atoms with van der Waals surface area (Å²) in [4.78, 5) is 0. The average Bonchev–Trinajstić information content (AvgIpc) is 2.93. The lowest BCUT2D eigenvalue weighted by Gasteiger charge is -2.15. The van der Waals surface area contributed by atoms with E-state index in [-0.39, 0.29) is 0 Å². The quantitative estimate of drug-likeness (QED) is 0.647. The third-order valence-corrected chi connectivity index (χ3v) is 5.22. The predicted molar refractivity (Wildman–Crippen MR) is 91.9 cm³/mol. The second kappa shape index (κ2) is 6.57. The molecule has 0 saturated heterocycles. The molecule has 21 heavy (non-hydrogen) atoms. The largest absolute Gasteiger partial charge is 0.459 e. The van der Waals surface area contributed by atoms with Crippen LogP contribution in [0.4, 0.5) is 0 Å². The van der Waals surface area contributed by atoms with Crippen LogP contribution < -0.4 is 0 Å². The Hall–Kier alpha value is -1.41. The number of hydrogen-bond acceptors (Lipinski definition) is 2. The maximum atomic E-state index is 6.39. The van der Waals surface area contributed by atoms with E-state index in [1.54, 1.807) is 0 Å². The highest BCUT2D eigenvalue weighted by Crippen LogP contribution is 2.43. The topological polar surface area (TPSA) is 13.1 Å². The Morgan fingerprint density at radius 1 is 1.19 bits per heavy atom. The zero-order valence-electron chi connectivity index (χ0n) is 12.6. The Morgan fingerprint density at radius 2 is 1.90 bits per heavy atom.